The summed E-state index contributed by atoms with van der Waals surface area (Å²) in [6, 6.07) is 11.5. The second-order valence-electron chi connectivity index (χ2n) is 6.82. The van der Waals surface area contributed by atoms with Gasteiger partial charge in [-0.3, -0.25) is 4.79 Å². The molecule has 0 aliphatic carbocycles. The van der Waals surface area contributed by atoms with E-state index in [0.29, 0.717) is 25.3 Å². The van der Waals surface area contributed by atoms with E-state index >= 15 is 0 Å². The first kappa shape index (κ1) is 17.7. The molecule has 0 spiro atoms. The van der Waals surface area contributed by atoms with E-state index in [2.05, 4.69) is 4.90 Å². The molecule has 5 heteroatoms. The largest absolute Gasteiger partial charge is 0.461 e. The summed E-state index contributed by atoms with van der Waals surface area (Å²) in [4.78, 5) is 16.8. The third kappa shape index (κ3) is 4.50. The van der Waals surface area contributed by atoms with Crippen molar-refractivity contribution in [1.29, 1.82) is 0 Å². The number of hydrogen-bond donors (Lipinski definition) is 0. The van der Waals surface area contributed by atoms with Crippen LogP contribution in [0.15, 0.2) is 40.8 Å². The predicted octanol–water partition coefficient (Wildman–Crippen LogP) is 3.05. The highest BCUT2D eigenvalue weighted by Crippen LogP contribution is 2.23. The molecule has 1 aromatic heterocycles. The maximum atomic E-state index is 12.8. The van der Waals surface area contributed by atoms with E-state index < -0.39 is 0 Å². The monoisotopic (exact) mass is 342 g/mol. The molecule has 0 radical (unpaired) electrons. The summed E-state index contributed by atoms with van der Waals surface area (Å²) in [5.74, 6) is 1.78. The van der Waals surface area contributed by atoms with Gasteiger partial charge in [0, 0.05) is 30.8 Å². The molecule has 1 fully saturated rings. The highest BCUT2D eigenvalue weighted by Gasteiger charge is 2.25. The standard InChI is InChI=1S/C20H26N2O3/c1-15-4-9-19(25-15)16-5-7-17(8-6-16)20(23)22-12-13-24-18(14-22)10-11-21(2)3/h4-9,18H,10-14H2,1-3H3. The molecular formula is C20H26N2O3. The molecule has 1 amide bonds. The van der Waals surface area contributed by atoms with Gasteiger partial charge in [-0.25, -0.2) is 0 Å². The van der Waals surface area contributed by atoms with Gasteiger partial charge < -0.3 is 19.0 Å². The fourth-order valence-corrected chi connectivity index (χ4v) is 3.03. The molecule has 1 unspecified atom stereocenters. The van der Waals surface area contributed by atoms with E-state index in [9.17, 15) is 4.79 Å². The second-order valence-corrected chi connectivity index (χ2v) is 6.82. The van der Waals surface area contributed by atoms with Gasteiger partial charge in [0.25, 0.3) is 5.91 Å². The van der Waals surface area contributed by atoms with Crippen LogP contribution in [0.2, 0.25) is 0 Å². The number of aryl methyl sites for hydroxylation is 1. The molecule has 0 bridgehead atoms. The summed E-state index contributed by atoms with van der Waals surface area (Å²) < 4.78 is 11.4. The van der Waals surface area contributed by atoms with Gasteiger partial charge >= 0.3 is 0 Å². The number of rotatable bonds is 5. The van der Waals surface area contributed by atoms with Crippen LogP contribution in [0.4, 0.5) is 0 Å². The molecule has 0 saturated carbocycles. The SMILES string of the molecule is Cc1ccc(-c2ccc(C(=O)N3CCOC(CCN(C)C)C3)cc2)o1. The summed E-state index contributed by atoms with van der Waals surface area (Å²) in [6.45, 7) is 4.80. The van der Waals surface area contributed by atoms with Crippen molar-refractivity contribution in [3.8, 4) is 11.3 Å². The Balaban J connectivity index is 1.64. The van der Waals surface area contributed by atoms with Crippen LogP contribution in [0.3, 0.4) is 0 Å². The van der Waals surface area contributed by atoms with Crippen LogP contribution in [-0.2, 0) is 4.74 Å². The molecule has 2 heterocycles. The van der Waals surface area contributed by atoms with E-state index in [-0.39, 0.29) is 12.0 Å². The number of benzene rings is 1. The van der Waals surface area contributed by atoms with Gasteiger partial charge in [-0.05, 0) is 51.7 Å². The molecule has 5 nitrogen and oxygen atoms in total. The maximum absolute atomic E-state index is 12.8. The van der Waals surface area contributed by atoms with E-state index in [4.69, 9.17) is 9.15 Å². The molecule has 2 aromatic rings. The zero-order chi connectivity index (χ0) is 17.8. The molecule has 134 valence electrons. The third-order valence-electron chi connectivity index (χ3n) is 4.48. The molecule has 1 aliphatic rings. The minimum atomic E-state index is 0.0697. The smallest absolute Gasteiger partial charge is 0.254 e. The van der Waals surface area contributed by atoms with Crippen LogP contribution in [0.5, 0.6) is 0 Å². The lowest BCUT2D eigenvalue weighted by atomic mass is 10.1. The molecule has 3 rings (SSSR count). The maximum Gasteiger partial charge on any atom is 0.254 e. The van der Waals surface area contributed by atoms with Crippen LogP contribution >= 0.6 is 0 Å². The first-order chi connectivity index (χ1) is 12.0. The Hall–Kier alpha value is -2.11. The summed E-state index contributed by atoms with van der Waals surface area (Å²) in [5, 5.41) is 0. The number of carbonyl (C=O) groups excluding carboxylic acids is 1. The number of amides is 1. The van der Waals surface area contributed by atoms with Crippen molar-refractivity contribution in [3.05, 3.63) is 47.7 Å². The van der Waals surface area contributed by atoms with Crippen molar-refractivity contribution < 1.29 is 13.9 Å². The topological polar surface area (TPSA) is 45.9 Å². The van der Waals surface area contributed by atoms with Gasteiger partial charge in [-0.2, -0.15) is 0 Å². The summed E-state index contributed by atoms with van der Waals surface area (Å²) in [6.07, 6.45) is 1.05. The third-order valence-corrected chi connectivity index (χ3v) is 4.48. The van der Waals surface area contributed by atoms with Crippen molar-refractivity contribution >= 4 is 5.91 Å². The van der Waals surface area contributed by atoms with Crippen LogP contribution in [0.25, 0.3) is 11.3 Å². The Kier molecular flexibility index (Phi) is 5.56. The summed E-state index contributed by atoms with van der Waals surface area (Å²) in [7, 11) is 4.10. The zero-order valence-corrected chi connectivity index (χ0v) is 15.2. The lowest BCUT2D eigenvalue weighted by Gasteiger charge is -2.33. The average Bonchev–Trinajstić information content (AvgIpc) is 3.06. The van der Waals surface area contributed by atoms with Gasteiger partial charge in [-0.15, -0.1) is 0 Å². The quantitative estimate of drug-likeness (QED) is 0.838. The summed E-state index contributed by atoms with van der Waals surface area (Å²) in [5.41, 5.74) is 1.69. The number of furan rings is 1. The van der Waals surface area contributed by atoms with E-state index in [1.165, 1.54) is 0 Å². The van der Waals surface area contributed by atoms with Crippen LogP contribution in [0, 0.1) is 6.92 Å². The fraction of sp³-hybridized carbons (Fsp3) is 0.450. The zero-order valence-electron chi connectivity index (χ0n) is 15.2. The van der Waals surface area contributed by atoms with E-state index in [1.807, 2.05) is 62.3 Å². The Labute approximate surface area is 149 Å². The number of morpholine rings is 1. The second kappa shape index (κ2) is 7.85. The molecule has 0 N–H and O–H groups in total. The molecule has 1 aliphatic heterocycles. The highest BCUT2D eigenvalue weighted by molar-refractivity contribution is 5.94. The lowest BCUT2D eigenvalue weighted by molar-refractivity contribution is -0.0269. The van der Waals surface area contributed by atoms with E-state index in [1.54, 1.807) is 0 Å². The van der Waals surface area contributed by atoms with Crippen LogP contribution in [-0.4, -0.2) is 62.1 Å². The van der Waals surface area contributed by atoms with Gasteiger partial charge in [0.15, 0.2) is 0 Å². The van der Waals surface area contributed by atoms with Crippen molar-refractivity contribution in [2.24, 2.45) is 0 Å². The van der Waals surface area contributed by atoms with Gasteiger partial charge in [0.2, 0.25) is 0 Å². The molecule has 1 saturated heterocycles. The number of ether oxygens (including phenoxy) is 1. The highest BCUT2D eigenvalue weighted by atomic mass is 16.5. The Morgan fingerprint density at radius 1 is 1.20 bits per heavy atom. The Morgan fingerprint density at radius 2 is 1.96 bits per heavy atom. The predicted molar refractivity (Wildman–Crippen MR) is 97.7 cm³/mol. The van der Waals surface area contributed by atoms with Crippen molar-refractivity contribution in [1.82, 2.24) is 9.80 Å². The van der Waals surface area contributed by atoms with Crippen LogP contribution < -0.4 is 0 Å². The van der Waals surface area contributed by atoms with Crippen molar-refractivity contribution in [2.75, 3.05) is 40.3 Å². The normalized spacial score (nSPS) is 17.9. The van der Waals surface area contributed by atoms with Crippen molar-refractivity contribution in [3.63, 3.8) is 0 Å². The fourth-order valence-electron chi connectivity index (χ4n) is 3.03. The van der Waals surface area contributed by atoms with Gasteiger partial charge in [0.1, 0.15) is 11.5 Å². The summed E-state index contributed by atoms with van der Waals surface area (Å²) >= 11 is 0. The lowest BCUT2D eigenvalue weighted by Crippen LogP contribution is -2.46. The van der Waals surface area contributed by atoms with Crippen molar-refractivity contribution in [2.45, 2.75) is 19.4 Å². The first-order valence-electron chi connectivity index (χ1n) is 8.75. The first-order valence-corrected chi connectivity index (χ1v) is 8.75. The number of hydrogen-bond acceptors (Lipinski definition) is 4. The molecular weight excluding hydrogens is 316 g/mol. The van der Waals surface area contributed by atoms with Gasteiger partial charge in [-0.1, -0.05) is 12.1 Å². The minimum absolute atomic E-state index is 0.0697. The average molecular weight is 342 g/mol. The molecule has 25 heavy (non-hydrogen) atoms. The Bertz CT molecular complexity index is 706. The molecule has 1 atom stereocenters. The van der Waals surface area contributed by atoms with E-state index in [0.717, 1.165) is 30.0 Å². The van der Waals surface area contributed by atoms with Crippen LogP contribution in [0.1, 0.15) is 22.5 Å². The van der Waals surface area contributed by atoms with Gasteiger partial charge in [0.05, 0.1) is 12.7 Å². The minimum Gasteiger partial charge on any atom is -0.461 e. The molecule has 1 aromatic carbocycles. The Morgan fingerprint density at radius 3 is 2.60 bits per heavy atom. The number of carbonyl (C=O) groups is 1. The number of nitrogens with zero attached hydrogens (tertiary/aromatic N) is 2.